The summed E-state index contributed by atoms with van der Waals surface area (Å²) in [6.07, 6.45) is 3.48. The molecule has 4 aromatic rings. The van der Waals surface area contributed by atoms with E-state index in [-0.39, 0.29) is 17.7 Å². The Bertz CT molecular complexity index is 1180. The fourth-order valence-electron chi connectivity index (χ4n) is 3.91. The Morgan fingerprint density at radius 2 is 1.55 bits per heavy atom. The molecule has 1 amide bonds. The van der Waals surface area contributed by atoms with Gasteiger partial charge >= 0.3 is 0 Å². The summed E-state index contributed by atoms with van der Waals surface area (Å²) in [4.78, 5) is 17.2. The van der Waals surface area contributed by atoms with Gasteiger partial charge in [0, 0.05) is 45.9 Å². The normalized spacial score (nSPS) is 13.0. The van der Waals surface area contributed by atoms with Gasteiger partial charge in [-0.25, -0.2) is 0 Å². The zero-order valence-electron chi connectivity index (χ0n) is 17.1. The smallest absolute Gasteiger partial charge is 0.251 e. The van der Waals surface area contributed by atoms with Crippen LogP contribution in [0.5, 0.6) is 0 Å². The first kappa shape index (κ1) is 21.4. The van der Waals surface area contributed by atoms with E-state index < -0.39 is 0 Å². The van der Waals surface area contributed by atoms with Gasteiger partial charge in [0.05, 0.1) is 0 Å². The highest BCUT2D eigenvalue weighted by atomic mass is 35.5. The number of carbonyl (C=O) groups is 1. The Morgan fingerprint density at radius 3 is 2.23 bits per heavy atom. The van der Waals surface area contributed by atoms with Crippen molar-refractivity contribution in [3.05, 3.63) is 112 Å². The maximum Gasteiger partial charge on any atom is 0.251 e. The molecule has 2 unspecified atom stereocenters. The van der Waals surface area contributed by atoms with Gasteiger partial charge in [-0.3, -0.25) is 9.78 Å². The number of aromatic nitrogens is 1. The standard InChI is InChI=1S/C26H22Cl2N2O/c1-17(18-5-9-21(27)10-6-18)25(19-7-11-22(28)12-8-19)16-30-26(31)24-4-2-3-20-15-29-14-13-23(20)24/h2-15,17,25H,16H2,1H3,(H,30,31). The number of benzene rings is 3. The lowest BCUT2D eigenvalue weighted by atomic mass is 9.82. The van der Waals surface area contributed by atoms with E-state index in [9.17, 15) is 4.79 Å². The molecule has 4 rings (SSSR count). The van der Waals surface area contributed by atoms with Crippen molar-refractivity contribution in [2.75, 3.05) is 6.54 Å². The topological polar surface area (TPSA) is 42.0 Å². The lowest BCUT2D eigenvalue weighted by molar-refractivity contribution is 0.0952. The largest absolute Gasteiger partial charge is 0.351 e. The number of nitrogens with one attached hydrogen (secondary N) is 1. The van der Waals surface area contributed by atoms with Gasteiger partial charge in [-0.1, -0.05) is 66.5 Å². The summed E-state index contributed by atoms with van der Waals surface area (Å²) in [6, 6.07) is 23.2. The second-order valence-corrected chi connectivity index (χ2v) is 8.48. The van der Waals surface area contributed by atoms with Crippen LogP contribution in [0, 0.1) is 0 Å². The summed E-state index contributed by atoms with van der Waals surface area (Å²) in [5.74, 6) is 0.133. The molecule has 2 atom stereocenters. The minimum atomic E-state index is -0.0981. The lowest BCUT2D eigenvalue weighted by Gasteiger charge is -2.26. The van der Waals surface area contributed by atoms with E-state index in [1.807, 2.05) is 72.8 Å². The minimum absolute atomic E-state index is 0.0686. The first-order valence-corrected chi connectivity index (χ1v) is 10.9. The molecule has 0 aliphatic carbocycles. The van der Waals surface area contributed by atoms with Gasteiger partial charge in [-0.15, -0.1) is 0 Å². The van der Waals surface area contributed by atoms with Gasteiger partial charge in [0.1, 0.15) is 0 Å². The van der Waals surface area contributed by atoms with E-state index in [2.05, 4.69) is 17.2 Å². The summed E-state index contributed by atoms with van der Waals surface area (Å²) < 4.78 is 0. The van der Waals surface area contributed by atoms with Gasteiger partial charge in [0.2, 0.25) is 0 Å². The van der Waals surface area contributed by atoms with E-state index in [0.29, 0.717) is 22.2 Å². The third-order valence-electron chi connectivity index (χ3n) is 5.71. The van der Waals surface area contributed by atoms with E-state index >= 15 is 0 Å². The molecule has 0 saturated carbocycles. The van der Waals surface area contributed by atoms with Crippen LogP contribution in [0.1, 0.15) is 40.2 Å². The van der Waals surface area contributed by atoms with Gasteiger partial charge in [0.25, 0.3) is 5.91 Å². The van der Waals surface area contributed by atoms with E-state index in [1.165, 1.54) is 0 Å². The van der Waals surface area contributed by atoms with Crippen molar-refractivity contribution in [1.82, 2.24) is 10.3 Å². The van der Waals surface area contributed by atoms with Crippen LogP contribution in [-0.4, -0.2) is 17.4 Å². The van der Waals surface area contributed by atoms with Crippen molar-refractivity contribution in [3.8, 4) is 0 Å². The molecule has 3 nitrogen and oxygen atoms in total. The zero-order chi connectivity index (χ0) is 21.8. The number of hydrogen-bond acceptors (Lipinski definition) is 2. The van der Waals surface area contributed by atoms with Gasteiger partial charge < -0.3 is 5.32 Å². The number of halogens is 2. The number of pyridine rings is 1. The molecule has 1 N–H and O–H groups in total. The highest BCUT2D eigenvalue weighted by Crippen LogP contribution is 2.33. The fourth-order valence-corrected chi connectivity index (χ4v) is 4.16. The van der Waals surface area contributed by atoms with Crippen molar-refractivity contribution in [3.63, 3.8) is 0 Å². The Kier molecular flexibility index (Phi) is 6.55. The number of nitrogens with zero attached hydrogens (tertiary/aromatic N) is 1. The highest BCUT2D eigenvalue weighted by molar-refractivity contribution is 6.30. The van der Waals surface area contributed by atoms with Crippen molar-refractivity contribution < 1.29 is 4.79 Å². The molecular weight excluding hydrogens is 427 g/mol. The number of hydrogen-bond donors (Lipinski definition) is 1. The van der Waals surface area contributed by atoms with Crippen LogP contribution in [0.2, 0.25) is 10.0 Å². The Morgan fingerprint density at radius 1 is 0.903 bits per heavy atom. The second kappa shape index (κ2) is 9.51. The SMILES string of the molecule is CC(c1ccc(Cl)cc1)C(CNC(=O)c1cccc2cnccc12)c1ccc(Cl)cc1. The maximum atomic E-state index is 13.1. The van der Waals surface area contributed by atoms with Gasteiger partial charge in [-0.05, 0) is 58.8 Å². The van der Waals surface area contributed by atoms with Crippen LogP contribution >= 0.6 is 23.2 Å². The zero-order valence-corrected chi connectivity index (χ0v) is 18.6. The number of amides is 1. The number of rotatable bonds is 6. The van der Waals surface area contributed by atoms with Crippen molar-refractivity contribution >= 4 is 39.9 Å². The van der Waals surface area contributed by atoms with E-state index in [1.54, 1.807) is 12.4 Å². The predicted molar refractivity (Wildman–Crippen MR) is 128 cm³/mol. The molecule has 31 heavy (non-hydrogen) atoms. The summed E-state index contributed by atoms with van der Waals surface area (Å²) in [5, 5.41) is 6.38. The van der Waals surface area contributed by atoms with E-state index in [0.717, 1.165) is 21.9 Å². The minimum Gasteiger partial charge on any atom is -0.351 e. The monoisotopic (exact) mass is 448 g/mol. The van der Waals surface area contributed by atoms with Gasteiger partial charge in [-0.2, -0.15) is 0 Å². The summed E-state index contributed by atoms with van der Waals surface area (Å²) in [7, 11) is 0. The van der Waals surface area contributed by atoms with E-state index in [4.69, 9.17) is 23.2 Å². The molecule has 0 radical (unpaired) electrons. The van der Waals surface area contributed by atoms with Crippen LogP contribution in [-0.2, 0) is 0 Å². The molecular formula is C26H22Cl2N2O. The van der Waals surface area contributed by atoms with Crippen molar-refractivity contribution in [2.45, 2.75) is 18.8 Å². The Hall–Kier alpha value is -2.88. The van der Waals surface area contributed by atoms with Crippen LogP contribution in [0.4, 0.5) is 0 Å². The van der Waals surface area contributed by atoms with Crippen LogP contribution < -0.4 is 5.32 Å². The molecule has 0 saturated heterocycles. The number of fused-ring (bicyclic) bond motifs is 1. The molecule has 1 heterocycles. The summed E-state index contributed by atoms with van der Waals surface area (Å²) >= 11 is 12.2. The van der Waals surface area contributed by atoms with Crippen LogP contribution in [0.3, 0.4) is 0 Å². The lowest BCUT2D eigenvalue weighted by Crippen LogP contribution is -2.30. The average molecular weight is 449 g/mol. The molecule has 0 fully saturated rings. The highest BCUT2D eigenvalue weighted by Gasteiger charge is 2.22. The molecule has 0 aliphatic heterocycles. The quantitative estimate of drug-likeness (QED) is 0.350. The third kappa shape index (κ3) is 4.90. The molecule has 0 spiro atoms. The number of carbonyl (C=O) groups excluding carboxylic acids is 1. The predicted octanol–water partition coefficient (Wildman–Crippen LogP) is 6.86. The molecule has 156 valence electrons. The molecule has 1 aromatic heterocycles. The average Bonchev–Trinajstić information content (AvgIpc) is 2.80. The molecule has 0 aliphatic rings. The molecule has 5 heteroatoms. The maximum absolute atomic E-state index is 13.1. The molecule has 3 aromatic carbocycles. The van der Waals surface area contributed by atoms with Crippen molar-refractivity contribution in [2.24, 2.45) is 0 Å². The fraction of sp³-hybridized carbons (Fsp3) is 0.154. The van der Waals surface area contributed by atoms with Gasteiger partial charge in [0.15, 0.2) is 0 Å². The summed E-state index contributed by atoms with van der Waals surface area (Å²) in [6.45, 7) is 2.66. The first-order valence-electron chi connectivity index (χ1n) is 10.1. The summed E-state index contributed by atoms with van der Waals surface area (Å²) in [5.41, 5.74) is 2.93. The first-order chi connectivity index (χ1) is 15.0. The Balaban J connectivity index is 1.60. The van der Waals surface area contributed by atoms with Crippen LogP contribution in [0.15, 0.2) is 85.2 Å². The van der Waals surface area contributed by atoms with Crippen molar-refractivity contribution in [1.29, 1.82) is 0 Å². The third-order valence-corrected chi connectivity index (χ3v) is 6.21. The Labute approximate surface area is 192 Å². The molecule has 0 bridgehead atoms. The van der Waals surface area contributed by atoms with Crippen LogP contribution in [0.25, 0.3) is 10.8 Å². The second-order valence-electron chi connectivity index (χ2n) is 7.61.